The van der Waals surface area contributed by atoms with Crippen molar-refractivity contribution in [1.29, 1.82) is 0 Å². The minimum Gasteiger partial charge on any atom is -0.336 e. The number of carbonyl (C=O) groups is 1. The molecule has 0 aliphatic carbocycles. The third-order valence-electron chi connectivity index (χ3n) is 2.09. The Balaban J connectivity index is 1.99. The quantitative estimate of drug-likeness (QED) is 0.747. The van der Waals surface area contributed by atoms with Crippen LogP contribution in [-0.2, 0) is 11.3 Å². The molecule has 2 nitrogen and oxygen atoms in total. The summed E-state index contributed by atoms with van der Waals surface area (Å²) in [6, 6.07) is 4.09. The normalized spacial score (nSPS) is 22.7. The second-order valence-corrected chi connectivity index (χ2v) is 5.48. The number of carbonyl (C=O) groups excluding carboxylic acids is 1. The molecule has 1 unspecified atom stereocenters. The van der Waals surface area contributed by atoms with Crippen LogP contribution < -0.4 is 0 Å². The van der Waals surface area contributed by atoms with Crippen LogP contribution in [0.25, 0.3) is 0 Å². The molecule has 0 bridgehead atoms. The van der Waals surface area contributed by atoms with Gasteiger partial charge in [0.05, 0.1) is 6.54 Å². The van der Waals surface area contributed by atoms with Gasteiger partial charge in [0.1, 0.15) is 0 Å². The molecule has 1 aromatic rings. The van der Waals surface area contributed by atoms with Crippen LogP contribution in [0.1, 0.15) is 11.3 Å². The van der Waals surface area contributed by atoms with E-state index in [1.807, 2.05) is 16.3 Å². The number of alkyl halides is 1. The second-order valence-electron chi connectivity index (χ2n) is 3.16. The van der Waals surface area contributed by atoms with Crippen molar-refractivity contribution in [2.75, 3.05) is 6.54 Å². The van der Waals surface area contributed by atoms with Crippen molar-refractivity contribution in [3.05, 3.63) is 22.4 Å². The van der Waals surface area contributed by atoms with Gasteiger partial charge in [-0.05, 0) is 11.4 Å². The molecule has 0 spiro atoms. The first-order valence-electron chi connectivity index (χ1n) is 4.20. The van der Waals surface area contributed by atoms with Gasteiger partial charge >= 0.3 is 0 Å². The molecule has 1 amide bonds. The average Bonchev–Trinajstić information content (AvgIpc) is 2.63. The molecule has 1 atom stereocenters. The SMILES string of the molecule is O=C1CC(Br)CN1Cc1cccs1. The summed E-state index contributed by atoms with van der Waals surface area (Å²) in [5.74, 6) is 0.260. The summed E-state index contributed by atoms with van der Waals surface area (Å²) in [5, 5.41) is 2.04. The number of thiophene rings is 1. The van der Waals surface area contributed by atoms with Crippen molar-refractivity contribution in [2.24, 2.45) is 0 Å². The Labute approximate surface area is 89.7 Å². The topological polar surface area (TPSA) is 20.3 Å². The van der Waals surface area contributed by atoms with Gasteiger partial charge < -0.3 is 4.90 Å². The third kappa shape index (κ3) is 2.11. The molecule has 2 heterocycles. The van der Waals surface area contributed by atoms with Crippen LogP contribution in [0.5, 0.6) is 0 Å². The van der Waals surface area contributed by atoms with Crippen LogP contribution in [0.4, 0.5) is 0 Å². The summed E-state index contributed by atoms with van der Waals surface area (Å²) in [7, 11) is 0. The van der Waals surface area contributed by atoms with Crippen molar-refractivity contribution >= 4 is 33.2 Å². The molecule has 1 aliphatic heterocycles. The minimum atomic E-state index is 0.260. The van der Waals surface area contributed by atoms with E-state index in [1.165, 1.54) is 4.88 Å². The summed E-state index contributed by atoms with van der Waals surface area (Å²) in [4.78, 5) is 14.9. The molecular weight excluding hydrogens is 250 g/mol. The van der Waals surface area contributed by atoms with E-state index in [0.717, 1.165) is 13.1 Å². The van der Waals surface area contributed by atoms with Crippen molar-refractivity contribution in [2.45, 2.75) is 17.8 Å². The van der Waals surface area contributed by atoms with Crippen LogP contribution in [0.3, 0.4) is 0 Å². The molecule has 0 radical (unpaired) electrons. The monoisotopic (exact) mass is 259 g/mol. The molecular formula is C9H10BrNOS. The fourth-order valence-corrected chi connectivity index (χ4v) is 2.81. The molecule has 0 N–H and O–H groups in total. The average molecular weight is 260 g/mol. The lowest BCUT2D eigenvalue weighted by atomic mass is 10.4. The zero-order valence-corrected chi connectivity index (χ0v) is 9.47. The Hall–Kier alpha value is -0.350. The maximum absolute atomic E-state index is 11.4. The van der Waals surface area contributed by atoms with Crippen LogP contribution in [0.2, 0.25) is 0 Å². The lowest BCUT2D eigenvalue weighted by Crippen LogP contribution is -2.24. The van der Waals surface area contributed by atoms with Gasteiger partial charge in [-0.25, -0.2) is 0 Å². The number of amides is 1. The Bertz CT molecular complexity index is 299. The van der Waals surface area contributed by atoms with Gasteiger partial charge in [-0.3, -0.25) is 4.79 Å². The van der Waals surface area contributed by atoms with Crippen molar-refractivity contribution in [1.82, 2.24) is 4.90 Å². The summed E-state index contributed by atoms with van der Waals surface area (Å²) in [5.41, 5.74) is 0. The summed E-state index contributed by atoms with van der Waals surface area (Å²) in [6.07, 6.45) is 0.644. The van der Waals surface area contributed by atoms with Gasteiger partial charge in [0, 0.05) is 22.7 Å². The molecule has 0 aromatic carbocycles. The van der Waals surface area contributed by atoms with Crippen molar-refractivity contribution in [3.8, 4) is 0 Å². The van der Waals surface area contributed by atoms with E-state index in [9.17, 15) is 4.79 Å². The van der Waals surface area contributed by atoms with Gasteiger partial charge in [-0.1, -0.05) is 22.0 Å². The van der Waals surface area contributed by atoms with Crippen LogP contribution >= 0.6 is 27.3 Å². The number of hydrogen-bond donors (Lipinski definition) is 0. The highest BCUT2D eigenvalue weighted by Crippen LogP contribution is 2.21. The molecule has 13 heavy (non-hydrogen) atoms. The summed E-state index contributed by atoms with van der Waals surface area (Å²) >= 11 is 5.17. The van der Waals surface area contributed by atoms with Crippen LogP contribution in [0, 0.1) is 0 Å². The highest BCUT2D eigenvalue weighted by molar-refractivity contribution is 9.09. The standard InChI is InChI=1S/C9H10BrNOS/c10-7-4-9(12)11(5-7)6-8-2-1-3-13-8/h1-3,7H,4-6H2. The lowest BCUT2D eigenvalue weighted by molar-refractivity contribution is -0.128. The number of halogens is 1. The first-order chi connectivity index (χ1) is 6.25. The van der Waals surface area contributed by atoms with E-state index < -0.39 is 0 Å². The van der Waals surface area contributed by atoms with Gasteiger partial charge in [0.25, 0.3) is 0 Å². The van der Waals surface area contributed by atoms with Gasteiger partial charge in [0.2, 0.25) is 5.91 Å². The Morgan fingerprint density at radius 1 is 1.69 bits per heavy atom. The summed E-state index contributed by atoms with van der Waals surface area (Å²) < 4.78 is 0. The Kier molecular flexibility index (Phi) is 2.69. The molecule has 1 aliphatic rings. The lowest BCUT2D eigenvalue weighted by Gasteiger charge is -2.13. The molecule has 1 saturated heterocycles. The predicted octanol–water partition coefficient (Wildman–Crippen LogP) is 2.24. The fraction of sp³-hybridized carbons (Fsp3) is 0.444. The van der Waals surface area contributed by atoms with Crippen LogP contribution in [-0.4, -0.2) is 22.2 Å². The number of rotatable bonds is 2. The molecule has 4 heteroatoms. The van der Waals surface area contributed by atoms with E-state index in [0.29, 0.717) is 11.2 Å². The number of nitrogens with zero attached hydrogens (tertiary/aromatic N) is 1. The third-order valence-corrected chi connectivity index (χ3v) is 3.57. The molecule has 2 rings (SSSR count). The molecule has 70 valence electrons. The molecule has 1 fully saturated rings. The largest absolute Gasteiger partial charge is 0.336 e. The Morgan fingerprint density at radius 3 is 3.08 bits per heavy atom. The van der Waals surface area contributed by atoms with E-state index in [1.54, 1.807) is 11.3 Å². The predicted molar refractivity (Wildman–Crippen MR) is 57.1 cm³/mol. The summed E-state index contributed by atoms with van der Waals surface area (Å²) in [6.45, 7) is 1.62. The minimum absolute atomic E-state index is 0.260. The van der Waals surface area contributed by atoms with Gasteiger partial charge in [0.15, 0.2) is 0 Å². The second kappa shape index (κ2) is 3.80. The maximum Gasteiger partial charge on any atom is 0.224 e. The van der Waals surface area contributed by atoms with E-state index in [4.69, 9.17) is 0 Å². The first kappa shape index (κ1) is 9.21. The fourth-order valence-electron chi connectivity index (χ4n) is 1.47. The van der Waals surface area contributed by atoms with Gasteiger partial charge in [-0.2, -0.15) is 0 Å². The Morgan fingerprint density at radius 2 is 2.54 bits per heavy atom. The highest BCUT2D eigenvalue weighted by Gasteiger charge is 2.27. The highest BCUT2D eigenvalue weighted by atomic mass is 79.9. The zero-order valence-electron chi connectivity index (χ0n) is 7.07. The smallest absolute Gasteiger partial charge is 0.224 e. The first-order valence-corrected chi connectivity index (χ1v) is 5.99. The van der Waals surface area contributed by atoms with E-state index >= 15 is 0 Å². The van der Waals surface area contributed by atoms with E-state index in [-0.39, 0.29) is 5.91 Å². The zero-order chi connectivity index (χ0) is 9.26. The number of hydrogen-bond acceptors (Lipinski definition) is 2. The van der Waals surface area contributed by atoms with Gasteiger partial charge in [-0.15, -0.1) is 11.3 Å². The molecule has 0 saturated carbocycles. The maximum atomic E-state index is 11.4. The van der Waals surface area contributed by atoms with Crippen molar-refractivity contribution in [3.63, 3.8) is 0 Å². The van der Waals surface area contributed by atoms with E-state index in [2.05, 4.69) is 22.0 Å². The van der Waals surface area contributed by atoms with Crippen LogP contribution in [0.15, 0.2) is 17.5 Å². The number of likely N-dealkylation sites (tertiary alicyclic amines) is 1. The van der Waals surface area contributed by atoms with Crippen molar-refractivity contribution < 1.29 is 4.79 Å². The molecule has 1 aromatic heterocycles.